The number of nitrogens with two attached hydrogens (primary N) is 1. The monoisotopic (exact) mass is 370 g/mol. The molecule has 1 aliphatic rings. The van der Waals surface area contributed by atoms with Crippen molar-refractivity contribution in [2.24, 2.45) is 11.7 Å². The molecule has 3 rings (SSSR count). The van der Waals surface area contributed by atoms with E-state index in [1.54, 1.807) is 11.9 Å². The number of aromatic nitrogens is 2. The maximum atomic E-state index is 12.4. The quantitative estimate of drug-likeness (QED) is 0.863. The van der Waals surface area contributed by atoms with Crippen LogP contribution >= 0.6 is 23.7 Å². The van der Waals surface area contributed by atoms with Crippen LogP contribution in [0.4, 0.5) is 0 Å². The molecule has 1 amide bonds. The van der Waals surface area contributed by atoms with Crippen molar-refractivity contribution >= 4 is 39.9 Å². The van der Waals surface area contributed by atoms with Gasteiger partial charge in [-0.3, -0.25) is 9.59 Å². The normalized spacial score (nSPS) is 20.6. The van der Waals surface area contributed by atoms with Gasteiger partial charge in [0.25, 0.3) is 5.56 Å². The van der Waals surface area contributed by atoms with E-state index in [1.807, 2.05) is 11.4 Å². The zero-order chi connectivity index (χ0) is 16.4. The molecular formula is C16H23ClN4O2S. The SMILES string of the molecule is CN(Cc1nc2ccsc2c(=O)[nH]1)C(=O)CC1CCCCC1N.Cl. The fourth-order valence-corrected chi connectivity index (χ4v) is 3.90. The Balaban J connectivity index is 0.00000208. The number of thiophene rings is 1. The molecule has 2 atom stereocenters. The molecule has 1 fully saturated rings. The van der Waals surface area contributed by atoms with Crippen LogP contribution in [0.2, 0.25) is 0 Å². The fourth-order valence-electron chi connectivity index (χ4n) is 3.18. The average Bonchev–Trinajstić information content (AvgIpc) is 2.98. The van der Waals surface area contributed by atoms with E-state index in [0.29, 0.717) is 29.0 Å². The predicted molar refractivity (Wildman–Crippen MR) is 98.5 cm³/mol. The highest BCUT2D eigenvalue weighted by Crippen LogP contribution is 2.26. The summed E-state index contributed by atoms with van der Waals surface area (Å²) in [6.45, 7) is 0.307. The molecule has 2 aromatic heterocycles. The Hall–Kier alpha value is -1.44. The maximum absolute atomic E-state index is 12.4. The Labute approximate surface area is 150 Å². The van der Waals surface area contributed by atoms with Crippen LogP contribution in [-0.4, -0.2) is 33.9 Å². The molecule has 3 N–H and O–H groups in total. The summed E-state index contributed by atoms with van der Waals surface area (Å²) >= 11 is 1.37. The molecule has 2 unspecified atom stereocenters. The molecule has 1 aliphatic carbocycles. The number of H-pyrrole nitrogens is 1. The number of aromatic amines is 1. The molecule has 2 aromatic rings. The van der Waals surface area contributed by atoms with E-state index in [-0.39, 0.29) is 35.8 Å². The standard InChI is InChI=1S/C16H22N4O2S.ClH/c1-20(14(21)8-10-4-2-3-5-11(10)17)9-13-18-12-6-7-23-15(12)16(22)19-13;/h6-7,10-11H,2-5,8-9,17H2,1H3,(H,18,19,22);1H. The highest BCUT2D eigenvalue weighted by Gasteiger charge is 2.25. The van der Waals surface area contributed by atoms with Crippen LogP contribution in [0.25, 0.3) is 10.2 Å². The van der Waals surface area contributed by atoms with E-state index >= 15 is 0 Å². The summed E-state index contributed by atoms with van der Waals surface area (Å²) in [5.74, 6) is 0.843. The number of nitrogens with one attached hydrogen (secondary N) is 1. The fraction of sp³-hybridized carbons (Fsp3) is 0.562. The number of amides is 1. The highest BCUT2D eigenvalue weighted by molar-refractivity contribution is 7.17. The summed E-state index contributed by atoms with van der Waals surface area (Å²) in [5.41, 5.74) is 6.66. The topological polar surface area (TPSA) is 92.1 Å². The number of hydrogen-bond donors (Lipinski definition) is 2. The van der Waals surface area contributed by atoms with Crippen molar-refractivity contribution in [3.63, 3.8) is 0 Å². The second-order valence-electron chi connectivity index (χ2n) is 6.31. The van der Waals surface area contributed by atoms with E-state index in [4.69, 9.17) is 5.73 Å². The van der Waals surface area contributed by atoms with Crippen molar-refractivity contribution in [3.05, 3.63) is 27.6 Å². The van der Waals surface area contributed by atoms with Crippen LogP contribution in [0.15, 0.2) is 16.2 Å². The van der Waals surface area contributed by atoms with E-state index < -0.39 is 0 Å². The predicted octanol–water partition coefficient (Wildman–Crippen LogP) is 2.27. The summed E-state index contributed by atoms with van der Waals surface area (Å²) in [4.78, 5) is 33.2. The molecule has 2 heterocycles. The molecule has 0 aliphatic heterocycles. The third kappa shape index (κ3) is 4.15. The van der Waals surface area contributed by atoms with Crippen molar-refractivity contribution in [1.29, 1.82) is 0 Å². The van der Waals surface area contributed by atoms with Gasteiger partial charge in [0.2, 0.25) is 5.91 Å². The van der Waals surface area contributed by atoms with Gasteiger partial charge in [0.05, 0.1) is 12.1 Å². The van der Waals surface area contributed by atoms with E-state index in [9.17, 15) is 9.59 Å². The smallest absolute Gasteiger partial charge is 0.268 e. The Morgan fingerprint density at radius 2 is 2.21 bits per heavy atom. The first kappa shape index (κ1) is 18.9. The first-order valence-electron chi connectivity index (χ1n) is 8.00. The molecule has 24 heavy (non-hydrogen) atoms. The van der Waals surface area contributed by atoms with Crippen molar-refractivity contribution < 1.29 is 4.79 Å². The van der Waals surface area contributed by atoms with Gasteiger partial charge in [0.15, 0.2) is 0 Å². The Morgan fingerprint density at radius 1 is 1.46 bits per heavy atom. The minimum Gasteiger partial charge on any atom is -0.338 e. The molecule has 0 bridgehead atoms. The molecule has 8 heteroatoms. The van der Waals surface area contributed by atoms with Crippen LogP contribution in [-0.2, 0) is 11.3 Å². The van der Waals surface area contributed by atoms with E-state index in [0.717, 1.165) is 25.7 Å². The van der Waals surface area contributed by atoms with Crippen LogP contribution in [0.5, 0.6) is 0 Å². The second kappa shape index (κ2) is 8.09. The molecule has 0 radical (unpaired) electrons. The molecule has 1 saturated carbocycles. The van der Waals surface area contributed by atoms with Crippen molar-refractivity contribution in [2.45, 2.75) is 44.7 Å². The van der Waals surface area contributed by atoms with Gasteiger partial charge < -0.3 is 15.6 Å². The van der Waals surface area contributed by atoms with E-state index in [2.05, 4.69) is 9.97 Å². The minimum atomic E-state index is -0.143. The first-order valence-corrected chi connectivity index (χ1v) is 8.88. The first-order chi connectivity index (χ1) is 11.0. The molecule has 6 nitrogen and oxygen atoms in total. The van der Waals surface area contributed by atoms with Gasteiger partial charge in [-0.2, -0.15) is 0 Å². The minimum absolute atomic E-state index is 0. The van der Waals surface area contributed by atoms with Crippen LogP contribution in [0, 0.1) is 5.92 Å². The van der Waals surface area contributed by atoms with Crippen LogP contribution < -0.4 is 11.3 Å². The van der Waals surface area contributed by atoms with Crippen molar-refractivity contribution in [1.82, 2.24) is 14.9 Å². The summed E-state index contributed by atoms with van der Waals surface area (Å²) in [6, 6.07) is 1.95. The lowest BCUT2D eigenvalue weighted by atomic mass is 9.83. The van der Waals surface area contributed by atoms with Gasteiger partial charge in [-0.1, -0.05) is 12.8 Å². The zero-order valence-electron chi connectivity index (χ0n) is 13.7. The molecule has 0 spiro atoms. The van der Waals surface area contributed by atoms with Crippen molar-refractivity contribution in [2.75, 3.05) is 7.05 Å². The van der Waals surface area contributed by atoms with Gasteiger partial charge in [-0.15, -0.1) is 23.7 Å². The van der Waals surface area contributed by atoms with Crippen LogP contribution in [0.1, 0.15) is 37.9 Å². The van der Waals surface area contributed by atoms with E-state index in [1.165, 1.54) is 11.3 Å². The van der Waals surface area contributed by atoms with Gasteiger partial charge in [-0.05, 0) is 30.2 Å². The van der Waals surface area contributed by atoms with Gasteiger partial charge in [0.1, 0.15) is 10.5 Å². The third-order valence-electron chi connectivity index (χ3n) is 4.58. The van der Waals surface area contributed by atoms with Gasteiger partial charge in [0, 0.05) is 19.5 Å². The van der Waals surface area contributed by atoms with Gasteiger partial charge in [-0.25, -0.2) is 4.98 Å². The van der Waals surface area contributed by atoms with Crippen LogP contribution in [0.3, 0.4) is 0 Å². The Kier molecular flexibility index (Phi) is 6.37. The third-order valence-corrected chi connectivity index (χ3v) is 5.48. The summed E-state index contributed by atoms with van der Waals surface area (Å²) < 4.78 is 0.621. The number of fused-ring (bicyclic) bond motifs is 1. The summed E-state index contributed by atoms with van der Waals surface area (Å²) in [7, 11) is 1.74. The number of carbonyl (C=O) groups excluding carboxylic acids is 1. The highest BCUT2D eigenvalue weighted by atomic mass is 35.5. The molecular weight excluding hydrogens is 348 g/mol. The number of carbonyl (C=O) groups is 1. The Morgan fingerprint density at radius 3 is 2.96 bits per heavy atom. The number of hydrogen-bond acceptors (Lipinski definition) is 5. The van der Waals surface area contributed by atoms with Crippen molar-refractivity contribution in [3.8, 4) is 0 Å². The zero-order valence-corrected chi connectivity index (χ0v) is 15.3. The lowest BCUT2D eigenvalue weighted by molar-refractivity contribution is -0.131. The summed E-state index contributed by atoms with van der Waals surface area (Å²) in [5, 5.41) is 1.84. The maximum Gasteiger partial charge on any atom is 0.268 e. The number of halogens is 1. The molecule has 0 aromatic carbocycles. The average molecular weight is 371 g/mol. The largest absolute Gasteiger partial charge is 0.338 e. The molecule has 0 saturated heterocycles. The molecule has 132 valence electrons. The summed E-state index contributed by atoms with van der Waals surface area (Å²) in [6.07, 6.45) is 4.82. The lowest BCUT2D eigenvalue weighted by Gasteiger charge is -2.29. The Bertz CT molecular complexity index is 760. The lowest BCUT2D eigenvalue weighted by Crippen LogP contribution is -2.37. The van der Waals surface area contributed by atoms with Gasteiger partial charge >= 0.3 is 0 Å². The second-order valence-corrected chi connectivity index (χ2v) is 7.23. The number of nitrogens with zero attached hydrogens (tertiary/aromatic N) is 2. The number of rotatable bonds is 4.